The van der Waals surface area contributed by atoms with Crippen LogP contribution in [0.25, 0.3) is 0 Å². The third kappa shape index (κ3) is 3.58. The lowest BCUT2D eigenvalue weighted by atomic mass is 10.1. The van der Waals surface area contributed by atoms with Crippen LogP contribution in [-0.4, -0.2) is 38.0 Å². The van der Waals surface area contributed by atoms with Crippen molar-refractivity contribution in [3.8, 4) is 0 Å². The van der Waals surface area contributed by atoms with Gasteiger partial charge in [-0.1, -0.05) is 24.3 Å². The molecule has 5 nitrogen and oxygen atoms in total. The Labute approximate surface area is 120 Å². The number of hydrogen-bond donors (Lipinski definition) is 1. The van der Waals surface area contributed by atoms with Gasteiger partial charge in [-0.25, -0.2) is 8.42 Å². The van der Waals surface area contributed by atoms with Crippen LogP contribution in [0.5, 0.6) is 0 Å². The summed E-state index contributed by atoms with van der Waals surface area (Å²) in [5.41, 5.74) is 7.31. The van der Waals surface area contributed by atoms with Crippen molar-refractivity contribution in [1.82, 2.24) is 4.31 Å². The predicted molar refractivity (Wildman–Crippen MR) is 78.5 cm³/mol. The van der Waals surface area contributed by atoms with Gasteiger partial charge < -0.3 is 10.5 Å². The summed E-state index contributed by atoms with van der Waals surface area (Å²) in [7, 11) is -3.33. The lowest BCUT2D eigenvalue weighted by Crippen LogP contribution is -2.50. The molecule has 1 saturated heterocycles. The van der Waals surface area contributed by atoms with Crippen LogP contribution in [0, 0.1) is 0 Å². The van der Waals surface area contributed by atoms with Gasteiger partial charge in [0.05, 0.1) is 18.5 Å². The zero-order chi connectivity index (χ0) is 14.8. The highest BCUT2D eigenvalue weighted by Gasteiger charge is 2.32. The summed E-state index contributed by atoms with van der Waals surface area (Å²) in [4.78, 5) is 0. The maximum absolute atomic E-state index is 12.5. The third-order valence-corrected chi connectivity index (χ3v) is 5.41. The second kappa shape index (κ2) is 6.22. The summed E-state index contributed by atoms with van der Waals surface area (Å²) in [5, 5.41) is 0. The zero-order valence-electron chi connectivity index (χ0n) is 12.0. The van der Waals surface area contributed by atoms with E-state index in [1.54, 1.807) is 4.31 Å². The third-order valence-electron chi connectivity index (χ3n) is 3.48. The molecule has 1 aliphatic heterocycles. The van der Waals surface area contributed by atoms with E-state index in [4.69, 9.17) is 10.5 Å². The van der Waals surface area contributed by atoms with Crippen molar-refractivity contribution in [1.29, 1.82) is 0 Å². The Morgan fingerprint density at radius 1 is 1.35 bits per heavy atom. The topological polar surface area (TPSA) is 72.6 Å². The number of nitrogens with two attached hydrogens (primary N) is 1. The van der Waals surface area contributed by atoms with E-state index in [0.717, 1.165) is 11.1 Å². The van der Waals surface area contributed by atoms with Crippen molar-refractivity contribution >= 4 is 10.0 Å². The molecule has 0 bridgehead atoms. The van der Waals surface area contributed by atoms with Crippen LogP contribution in [-0.2, 0) is 27.1 Å². The van der Waals surface area contributed by atoms with Crippen molar-refractivity contribution in [2.75, 3.05) is 13.2 Å². The lowest BCUT2D eigenvalue weighted by Gasteiger charge is -2.35. The molecule has 2 N–H and O–H groups in total. The summed E-state index contributed by atoms with van der Waals surface area (Å²) in [6.45, 7) is 5.05. The highest BCUT2D eigenvalue weighted by atomic mass is 32.2. The second-order valence-electron chi connectivity index (χ2n) is 5.34. The van der Waals surface area contributed by atoms with E-state index in [-0.39, 0.29) is 17.9 Å². The van der Waals surface area contributed by atoms with Crippen molar-refractivity contribution in [3.63, 3.8) is 0 Å². The molecule has 1 aliphatic rings. The number of ether oxygens (including phenoxy) is 1. The van der Waals surface area contributed by atoms with Crippen LogP contribution in [0.15, 0.2) is 24.3 Å². The molecule has 0 saturated carbocycles. The van der Waals surface area contributed by atoms with Crippen molar-refractivity contribution in [3.05, 3.63) is 35.4 Å². The van der Waals surface area contributed by atoms with E-state index in [0.29, 0.717) is 19.7 Å². The lowest BCUT2D eigenvalue weighted by molar-refractivity contribution is -0.0171. The fourth-order valence-corrected chi connectivity index (χ4v) is 4.21. The minimum Gasteiger partial charge on any atom is -0.375 e. The van der Waals surface area contributed by atoms with Gasteiger partial charge in [0.2, 0.25) is 10.0 Å². The average Bonchev–Trinajstić information content (AvgIpc) is 2.41. The molecular formula is C14H22N2O3S. The first-order valence-electron chi connectivity index (χ1n) is 6.81. The Balaban J connectivity index is 2.17. The first-order valence-corrected chi connectivity index (χ1v) is 8.42. The van der Waals surface area contributed by atoms with Gasteiger partial charge in [0.15, 0.2) is 0 Å². The van der Waals surface area contributed by atoms with Crippen LogP contribution < -0.4 is 5.73 Å². The quantitative estimate of drug-likeness (QED) is 0.903. The largest absolute Gasteiger partial charge is 0.375 e. The summed E-state index contributed by atoms with van der Waals surface area (Å²) >= 11 is 0. The number of sulfonamides is 1. The Kier molecular flexibility index (Phi) is 4.80. The Morgan fingerprint density at radius 2 is 2.05 bits per heavy atom. The van der Waals surface area contributed by atoms with Crippen LogP contribution in [0.3, 0.4) is 0 Å². The van der Waals surface area contributed by atoms with Gasteiger partial charge in [-0.15, -0.1) is 0 Å². The Hall–Kier alpha value is -0.950. The van der Waals surface area contributed by atoms with Crippen molar-refractivity contribution in [2.24, 2.45) is 5.73 Å². The molecule has 2 atom stereocenters. The van der Waals surface area contributed by atoms with E-state index in [1.807, 2.05) is 38.1 Å². The molecule has 0 amide bonds. The normalized spacial score (nSPS) is 24.8. The van der Waals surface area contributed by atoms with Crippen molar-refractivity contribution < 1.29 is 13.2 Å². The molecular weight excluding hydrogens is 276 g/mol. The zero-order valence-corrected chi connectivity index (χ0v) is 12.8. The maximum atomic E-state index is 12.5. The maximum Gasteiger partial charge on any atom is 0.218 e. The molecule has 0 spiro atoms. The van der Waals surface area contributed by atoms with E-state index in [9.17, 15) is 8.42 Å². The molecule has 0 aliphatic carbocycles. The van der Waals surface area contributed by atoms with Crippen LogP contribution in [0.4, 0.5) is 0 Å². The summed E-state index contributed by atoms with van der Waals surface area (Å²) in [6, 6.07) is 7.31. The molecule has 1 aromatic rings. The molecule has 1 heterocycles. The van der Waals surface area contributed by atoms with Crippen molar-refractivity contribution in [2.45, 2.75) is 38.3 Å². The fourth-order valence-electron chi connectivity index (χ4n) is 2.40. The number of benzene rings is 1. The molecule has 1 fully saturated rings. The minimum atomic E-state index is -3.33. The van der Waals surface area contributed by atoms with Gasteiger partial charge >= 0.3 is 0 Å². The Bertz CT molecular complexity index is 559. The van der Waals surface area contributed by atoms with E-state index < -0.39 is 10.0 Å². The second-order valence-corrected chi connectivity index (χ2v) is 7.26. The van der Waals surface area contributed by atoms with Gasteiger partial charge in [0.1, 0.15) is 0 Å². The molecule has 0 radical (unpaired) electrons. The monoisotopic (exact) mass is 298 g/mol. The SMILES string of the molecule is CC1CN(S(=O)(=O)Cc2cccc(CN)c2)C(C)CO1. The molecule has 6 heteroatoms. The summed E-state index contributed by atoms with van der Waals surface area (Å²) in [6.07, 6.45) is -0.0589. The molecule has 0 aromatic heterocycles. The first-order chi connectivity index (χ1) is 9.42. The Morgan fingerprint density at radius 3 is 2.75 bits per heavy atom. The van der Waals surface area contributed by atoms with Crippen LogP contribution in [0.1, 0.15) is 25.0 Å². The predicted octanol–water partition coefficient (Wildman–Crippen LogP) is 1.08. The molecule has 20 heavy (non-hydrogen) atoms. The smallest absolute Gasteiger partial charge is 0.218 e. The van der Waals surface area contributed by atoms with Gasteiger partial charge in [-0.2, -0.15) is 4.31 Å². The van der Waals surface area contributed by atoms with Gasteiger partial charge in [0, 0.05) is 19.1 Å². The standard InChI is InChI=1S/C14H22N2O3S/c1-11-9-19-12(2)8-16(11)20(17,18)10-14-5-3-4-13(6-14)7-15/h3-6,11-12H,7-10,15H2,1-2H3. The van der Waals surface area contributed by atoms with Gasteiger partial charge in [-0.3, -0.25) is 0 Å². The average molecular weight is 298 g/mol. The van der Waals surface area contributed by atoms with Gasteiger partial charge in [-0.05, 0) is 25.0 Å². The highest BCUT2D eigenvalue weighted by molar-refractivity contribution is 7.88. The van der Waals surface area contributed by atoms with Crippen LogP contribution in [0.2, 0.25) is 0 Å². The molecule has 2 rings (SSSR count). The van der Waals surface area contributed by atoms with E-state index in [2.05, 4.69) is 0 Å². The minimum absolute atomic E-state index is 0.0118. The molecule has 1 aromatic carbocycles. The number of hydrogen-bond acceptors (Lipinski definition) is 4. The molecule has 112 valence electrons. The number of nitrogens with zero attached hydrogens (tertiary/aromatic N) is 1. The van der Waals surface area contributed by atoms with E-state index >= 15 is 0 Å². The van der Waals surface area contributed by atoms with Gasteiger partial charge in [0.25, 0.3) is 0 Å². The fraction of sp³-hybridized carbons (Fsp3) is 0.571. The highest BCUT2D eigenvalue weighted by Crippen LogP contribution is 2.19. The number of rotatable bonds is 4. The summed E-state index contributed by atoms with van der Waals surface area (Å²) < 4.78 is 32.1. The van der Waals surface area contributed by atoms with E-state index in [1.165, 1.54) is 0 Å². The summed E-state index contributed by atoms with van der Waals surface area (Å²) in [5.74, 6) is 0.0118. The van der Waals surface area contributed by atoms with Crippen LogP contribution >= 0.6 is 0 Å². The molecule has 2 unspecified atom stereocenters. The number of morpholine rings is 1. The first kappa shape index (κ1) is 15.4.